The molecule has 0 bridgehead atoms. The number of ether oxygens (including phenoxy) is 1. The largest absolute Gasteiger partial charge is 0.481 e. The van der Waals surface area contributed by atoms with E-state index in [9.17, 15) is 9.90 Å². The molecule has 2 aliphatic rings. The van der Waals surface area contributed by atoms with Crippen LogP contribution in [0.1, 0.15) is 47.7 Å². The molecule has 0 unspecified atom stereocenters. The quantitative estimate of drug-likeness (QED) is 0.852. The lowest BCUT2D eigenvalue weighted by Crippen LogP contribution is -2.50. The summed E-state index contributed by atoms with van der Waals surface area (Å²) < 4.78 is 5.22. The average Bonchev–Trinajstić information content (AvgIpc) is 3.07. The Morgan fingerprint density at radius 1 is 1.33 bits per heavy atom. The third-order valence-corrected chi connectivity index (χ3v) is 5.40. The summed E-state index contributed by atoms with van der Waals surface area (Å²) >= 11 is 0. The lowest BCUT2D eigenvalue weighted by atomic mass is 9.72. The summed E-state index contributed by atoms with van der Waals surface area (Å²) in [5, 5.41) is 13.9. The zero-order valence-electron chi connectivity index (χ0n) is 15.3. The van der Waals surface area contributed by atoms with Gasteiger partial charge in [0, 0.05) is 6.20 Å². The average molecular weight is 365 g/mol. The van der Waals surface area contributed by atoms with Crippen LogP contribution in [0.3, 0.4) is 0 Å². The van der Waals surface area contributed by atoms with Crippen LogP contribution in [0.25, 0.3) is 0 Å². The summed E-state index contributed by atoms with van der Waals surface area (Å²) in [6.07, 6.45) is 4.24. The summed E-state index contributed by atoms with van der Waals surface area (Å²) in [7, 11) is 1.59. The fourth-order valence-electron chi connectivity index (χ4n) is 3.76. The number of aliphatic imine (C=N–C) groups is 1. The van der Waals surface area contributed by atoms with Crippen molar-refractivity contribution in [3.8, 4) is 0 Å². The highest BCUT2D eigenvalue weighted by Crippen LogP contribution is 2.42. The van der Waals surface area contributed by atoms with E-state index in [0.29, 0.717) is 31.0 Å². The number of rotatable bonds is 5. The Morgan fingerprint density at radius 2 is 2.11 bits per heavy atom. The summed E-state index contributed by atoms with van der Waals surface area (Å²) in [6, 6.07) is 11.2. The first-order valence-corrected chi connectivity index (χ1v) is 9.22. The smallest absolute Gasteiger partial charge is 0.226 e. The Balaban J connectivity index is 1.48. The first-order chi connectivity index (χ1) is 13.1. The van der Waals surface area contributed by atoms with E-state index in [-0.39, 0.29) is 12.3 Å². The minimum absolute atomic E-state index is 0.150. The molecule has 1 aliphatic carbocycles. The van der Waals surface area contributed by atoms with Gasteiger partial charge < -0.3 is 15.2 Å². The number of aliphatic hydroxyl groups is 1. The standard InChI is InChI=1S/C21H23N3O3/c1-27-20-17-13-22-16(10-15(17)12-23-20)11-18(25)24-19(21(26)8-5-9-21)14-6-3-2-4-7-14/h2-4,6-7,10,13,19,26H,5,8-9,11-12H2,1H3,(H,24,25)/t19-/m0/s1. The van der Waals surface area contributed by atoms with E-state index in [4.69, 9.17) is 4.74 Å². The monoisotopic (exact) mass is 365 g/mol. The Hall–Kier alpha value is -2.73. The fraction of sp³-hybridized carbons (Fsp3) is 0.381. The van der Waals surface area contributed by atoms with Crippen LogP contribution in [0.15, 0.2) is 47.6 Å². The number of benzene rings is 1. The van der Waals surface area contributed by atoms with E-state index < -0.39 is 11.6 Å². The number of methoxy groups -OCH3 is 1. The van der Waals surface area contributed by atoms with E-state index in [1.807, 2.05) is 36.4 Å². The predicted molar refractivity (Wildman–Crippen MR) is 101 cm³/mol. The van der Waals surface area contributed by atoms with Crippen molar-refractivity contribution in [1.82, 2.24) is 10.3 Å². The first-order valence-electron chi connectivity index (χ1n) is 9.22. The van der Waals surface area contributed by atoms with E-state index in [1.54, 1.807) is 13.3 Å². The maximum atomic E-state index is 12.7. The minimum atomic E-state index is -0.871. The third-order valence-electron chi connectivity index (χ3n) is 5.40. The van der Waals surface area contributed by atoms with Gasteiger partial charge in [0.1, 0.15) is 0 Å². The highest BCUT2D eigenvalue weighted by Gasteiger charge is 2.43. The molecule has 0 spiro atoms. The van der Waals surface area contributed by atoms with Crippen molar-refractivity contribution in [3.63, 3.8) is 0 Å². The minimum Gasteiger partial charge on any atom is -0.481 e. The van der Waals surface area contributed by atoms with Crippen molar-refractivity contribution in [3.05, 3.63) is 65.0 Å². The molecule has 6 nitrogen and oxygen atoms in total. The highest BCUT2D eigenvalue weighted by molar-refractivity contribution is 5.97. The van der Waals surface area contributed by atoms with Gasteiger partial charge in [0.05, 0.1) is 43.0 Å². The second kappa shape index (κ2) is 7.12. The third kappa shape index (κ3) is 3.45. The zero-order chi connectivity index (χ0) is 18.9. The number of carbonyl (C=O) groups excluding carboxylic acids is 1. The molecule has 1 aromatic heterocycles. The Bertz CT molecular complexity index is 875. The fourth-order valence-corrected chi connectivity index (χ4v) is 3.76. The van der Waals surface area contributed by atoms with Crippen LogP contribution in [0.4, 0.5) is 0 Å². The second-order valence-corrected chi connectivity index (χ2v) is 7.20. The van der Waals surface area contributed by atoms with Gasteiger partial charge in [-0.15, -0.1) is 0 Å². The molecular weight excluding hydrogens is 342 g/mol. The summed E-state index contributed by atoms with van der Waals surface area (Å²) in [6.45, 7) is 0.544. The summed E-state index contributed by atoms with van der Waals surface area (Å²) in [5.74, 6) is 0.437. The van der Waals surface area contributed by atoms with Crippen LogP contribution in [0, 0.1) is 0 Å². The zero-order valence-corrected chi connectivity index (χ0v) is 15.3. The molecule has 2 N–H and O–H groups in total. The Morgan fingerprint density at radius 3 is 2.78 bits per heavy atom. The molecule has 0 saturated heterocycles. The molecule has 2 heterocycles. The second-order valence-electron chi connectivity index (χ2n) is 7.20. The molecule has 27 heavy (non-hydrogen) atoms. The maximum absolute atomic E-state index is 12.7. The lowest BCUT2D eigenvalue weighted by molar-refractivity contribution is -0.126. The molecule has 0 radical (unpaired) electrons. The highest BCUT2D eigenvalue weighted by atomic mass is 16.5. The molecule has 2 aromatic rings. The first kappa shape index (κ1) is 17.7. The lowest BCUT2D eigenvalue weighted by Gasteiger charge is -2.43. The van der Waals surface area contributed by atoms with Crippen molar-refractivity contribution in [2.45, 2.75) is 43.9 Å². The number of amides is 1. The molecular formula is C21H23N3O3. The van der Waals surface area contributed by atoms with E-state index in [1.165, 1.54) is 0 Å². The number of pyridine rings is 1. The number of hydrogen-bond acceptors (Lipinski definition) is 5. The molecule has 1 aliphatic heterocycles. The molecule has 1 atom stereocenters. The van der Waals surface area contributed by atoms with Crippen LogP contribution >= 0.6 is 0 Å². The number of nitrogens with zero attached hydrogens (tertiary/aromatic N) is 2. The molecule has 1 fully saturated rings. The Kier molecular flexibility index (Phi) is 4.66. The molecule has 140 valence electrons. The van der Waals surface area contributed by atoms with Crippen LogP contribution in [-0.4, -0.2) is 34.6 Å². The topological polar surface area (TPSA) is 83.8 Å². The van der Waals surface area contributed by atoms with E-state index in [2.05, 4.69) is 15.3 Å². The number of fused-ring (bicyclic) bond motifs is 1. The van der Waals surface area contributed by atoms with Crippen molar-refractivity contribution in [2.24, 2.45) is 4.99 Å². The van der Waals surface area contributed by atoms with Gasteiger partial charge in [-0.25, -0.2) is 4.99 Å². The van der Waals surface area contributed by atoms with Crippen LogP contribution in [0.5, 0.6) is 0 Å². The van der Waals surface area contributed by atoms with Crippen molar-refractivity contribution >= 4 is 11.8 Å². The van der Waals surface area contributed by atoms with Gasteiger partial charge in [-0.05, 0) is 36.5 Å². The van der Waals surface area contributed by atoms with Gasteiger partial charge in [-0.1, -0.05) is 30.3 Å². The Labute approximate surface area is 158 Å². The van der Waals surface area contributed by atoms with Crippen LogP contribution in [-0.2, 0) is 22.5 Å². The van der Waals surface area contributed by atoms with Crippen LogP contribution in [0.2, 0.25) is 0 Å². The van der Waals surface area contributed by atoms with Gasteiger partial charge in [0.2, 0.25) is 11.8 Å². The summed E-state index contributed by atoms with van der Waals surface area (Å²) in [5.41, 5.74) is 2.64. The molecule has 1 amide bonds. The van der Waals surface area contributed by atoms with Gasteiger partial charge >= 0.3 is 0 Å². The van der Waals surface area contributed by atoms with Gasteiger partial charge in [0.15, 0.2) is 0 Å². The molecule has 1 aromatic carbocycles. The molecule has 1 saturated carbocycles. The van der Waals surface area contributed by atoms with Gasteiger partial charge in [-0.3, -0.25) is 9.78 Å². The SMILES string of the molecule is COC1=NCc2cc(CC(=O)N[C@@H](c3ccccc3)C3(O)CCC3)ncc21. The number of nitrogens with one attached hydrogen (secondary N) is 1. The van der Waals surface area contributed by atoms with Crippen molar-refractivity contribution in [1.29, 1.82) is 0 Å². The predicted octanol–water partition coefficient (Wildman–Crippen LogP) is 2.30. The summed E-state index contributed by atoms with van der Waals surface area (Å²) in [4.78, 5) is 21.4. The maximum Gasteiger partial charge on any atom is 0.226 e. The van der Waals surface area contributed by atoms with Gasteiger partial charge in [-0.2, -0.15) is 0 Å². The van der Waals surface area contributed by atoms with Crippen molar-refractivity contribution < 1.29 is 14.6 Å². The number of aromatic nitrogens is 1. The molecule has 4 rings (SSSR count). The molecule has 6 heteroatoms. The van der Waals surface area contributed by atoms with Gasteiger partial charge in [0.25, 0.3) is 0 Å². The normalized spacial score (nSPS) is 18.1. The number of carbonyl (C=O) groups is 1. The van der Waals surface area contributed by atoms with E-state index in [0.717, 1.165) is 23.1 Å². The van der Waals surface area contributed by atoms with Crippen LogP contribution < -0.4 is 5.32 Å². The number of hydrogen-bond donors (Lipinski definition) is 2. The van der Waals surface area contributed by atoms with E-state index >= 15 is 0 Å². The van der Waals surface area contributed by atoms with Crippen molar-refractivity contribution in [2.75, 3.05) is 7.11 Å².